The van der Waals surface area contributed by atoms with Gasteiger partial charge in [-0.15, -0.1) is 11.3 Å². The van der Waals surface area contributed by atoms with E-state index in [9.17, 15) is 14.0 Å². The fourth-order valence-corrected chi connectivity index (χ4v) is 3.06. The first-order valence-corrected chi connectivity index (χ1v) is 7.56. The van der Waals surface area contributed by atoms with Crippen molar-refractivity contribution in [2.45, 2.75) is 19.8 Å². The van der Waals surface area contributed by atoms with Crippen molar-refractivity contribution in [3.05, 3.63) is 51.2 Å². The van der Waals surface area contributed by atoms with Gasteiger partial charge in [0.2, 0.25) is 0 Å². The van der Waals surface area contributed by atoms with E-state index in [-0.39, 0.29) is 36.8 Å². The summed E-state index contributed by atoms with van der Waals surface area (Å²) in [6.45, 7) is 1.75. The van der Waals surface area contributed by atoms with E-state index in [0.29, 0.717) is 15.6 Å². The molecule has 1 heterocycles. The SMILES string of the molecule is COCC(=O)c1sc(CC(=O)Cc2ccc(F)cc2)nc1C. The van der Waals surface area contributed by atoms with Gasteiger partial charge in [-0.2, -0.15) is 0 Å². The lowest BCUT2D eigenvalue weighted by Crippen LogP contribution is -2.06. The summed E-state index contributed by atoms with van der Waals surface area (Å²) < 4.78 is 17.6. The first-order valence-electron chi connectivity index (χ1n) is 6.74. The Hall–Kier alpha value is -1.92. The van der Waals surface area contributed by atoms with Crippen molar-refractivity contribution in [3.8, 4) is 0 Å². The predicted octanol–water partition coefficient (Wildman–Crippen LogP) is 2.77. The summed E-state index contributed by atoms with van der Waals surface area (Å²) in [7, 11) is 1.46. The van der Waals surface area contributed by atoms with Crippen molar-refractivity contribution in [1.29, 1.82) is 0 Å². The highest BCUT2D eigenvalue weighted by Crippen LogP contribution is 2.20. The van der Waals surface area contributed by atoms with Crippen molar-refractivity contribution in [3.63, 3.8) is 0 Å². The molecule has 0 unspecified atom stereocenters. The van der Waals surface area contributed by atoms with Crippen molar-refractivity contribution >= 4 is 22.9 Å². The third-order valence-electron chi connectivity index (χ3n) is 3.03. The van der Waals surface area contributed by atoms with E-state index in [4.69, 9.17) is 4.74 Å². The van der Waals surface area contributed by atoms with Crippen LogP contribution in [0.15, 0.2) is 24.3 Å². The largest absolute Gasteiger partial charge is 0.376 e. The first kappa shape index (κ1) is 16.5. The Morgan fingerprint density at radius 1 is 1.23 bits per heavy atom. The number of hydrogen-bond donors (Lipinski definition) is 0. The molecule has 0 saturated carbocycles. The number of rotatable bonds is 7. The molecule has 0 aliphatic carbocycles. The molecule has 4 nitrogen and oxygen atoms in total. The molecule has 6 heteroatoms. The number of methoxy groups -OCH3 is 1. The van der Waals surface area contributed by atoms with Gasteiger partial charge in [0.25, 0.3) is 0 Å². The minimum atomic E-state index is -0.326. The standard InChI is InChI=1S/C16H16FNO3S/c1-10-16(14(20)9-21-2)22-15(18-10)8-13(19)7-11-3-5-12(17)6-4-11/h3-6H,7-9H2,1-2H3. The predicted molar refractivity (Wildman–Crippen MR) is 81.9 cm³/mol. The van der Waals surface area contributed by atoms with Crippen LogP contribution in [0.4, 0.5) is 4.39 Å². The molecule has 2 aromatic rings. The molecule has 0 amide bonds. The topological polar surface area (TPSA) is 56.3 Å². The molecule has 1 aromatic heterocycles. The Morgan fingerprint density at radius 2 is 1.91 bits per heavy atom. The van der Waals surface area contributed by atoms with Crippen LogP contribution in [-0.4, -0.2) is 30.3 Å². The van der Waals surface area contributed by atoms with Crippen LogP contribution in [0.3, 0.4) is 0 Å². The van der Waals surface area contributed by atoms with E-state index in [1.165, 1.54) is 30.6 Å². The van der Waals surface area contributed by atoms with Gasteiger partial charge >= 0.3 is 0 Å². The van der Waals surface area contributed by atoms with E-state index in [1.807, 2.05) is 0 Å². The van der Waals surface area contributed by atoms with Crippen LogP contribution in [0.1, 0.15) is 25.9 Å². The number of carbonyl (C=O) groups is 2. The number of ketones is 2. The molecule has 1 aromatic carbocycles. The molecule has 0 N–H and O–H groups in total. The van der Waals surface area contributed by atoms with Crippen LogP contribution in [-0.2, 0) is 22.4 Å². The van der Waals surface area contributed by atoms with Crippen molar-refractivity contribution in [2.75, 3.05) is 13.7 Å². The summed E-state index contributed by atoms with van der Waals surface area (Å²) in [6, 6.07) is 5.84. The molecule has 0 radical (unpaired) electrons. The molecule has 0 bridgehead atoms. The normalized spacial score (nSPS) is 10.7. The van der Waals surface area contributed by atoms with E-state index in [1.54, 1.807) is 19.1 Å². The van der Waals surface area contributed by atoms with Crippen LogP contribution < -0.4 is 0 Å². The van der Waals surface area contributed by atoms with Gasteiger partial charge in [-0.1, -0.05) is 12.1 Å². The van der Waals surface area contributed by atoms with E-state index >= 15 is 0 Å². The molecule has 0 fully saturated rings. The number of Topliss-reactive ketones (excluding diaryl/α,β-unsaturated/α-hetero) is 2. The third-order valence-corrected chi connectivity index (χ3v) is 4.23. The monoisotopic (exact) mass is 321 g/mol. The van der Waals surface area contributed by atoms with Gasteiger partial charge in [0.1, 0.15) is 23.2 Å². The maximum atomic E-state index is 12.8. The number of thiazole rings is 1. The fraction of sp³-hybridized carbons (Fsp3) is 0.312. The van der Waals surface area contributed by atoms with Gasteiger partial charge in [0, 0.05) is 13.5 Å². The smallest absolute Gasteiger partial charge is 0.200 e. The minimum absolute atomic E-state index is 0.00595. The lowest BCUT2D eigenvalue weighted by molar-refractivity contribution is -0.117. The summed E-state index contributed by atoms with van der Waals surface area (Å²) in [6.07, 6.45) is 0.392. The number of aromatic nitrogens is 1. The number of ether oxygens (including phenoxy) is 1. The molecular weight excluding hydrogens is 305 g/mol. The summed E-state index contributed by atoms with van der Waals surface area (Å²) in [4.78, 5) is 28.7. The Morgan fingerprint density at radius 3 is 2.55 bits per heavy atom. The molecule has 2 rings (SSSR count). The summed E-state index contributed by atoms with van der Waals surface area (Å²) in [5.74, 6) is -0.478. The second-order valence-corrected chi connectivity index (χ2v) is 5.98. The summed E-state index contributed by atoms with van der Waals surface area (Å²) >= 11 is 1.23. The Bertz CT molecular complexity index is 679. The molecule has 0 aliphatic rings. The fourth-order valence-electron chi connectivity index (χ4n) is 2.04. The second kappa shape index (κ2) is 7.38. The zero-order valence-corrected chi connectivity index (χ0v) is 13.2. The lowest BCUT2D eigenvalue weighted by Gasteiger charge is -1.99. The van der Waals surface area contributed by atoms with Gasteiger partial charge in [-0.3, -0.25) is 9.59 Å². The van der Waals surface area contributed by atoms with Crippen LogP contribution in [0.25, 0.3) is 0 Å². The van der Waals surface area contributed by atoms with Crippen LogP contribution in [0, 0.1) is 12.7 Å². The third kappa shape index (κ3) is 4.29. The average Bonchev–Trinajstić information content (AvgIpc) is 2.82. The van der Waals surface area contributed by atoms with Crippen LogP contribution >= 0.6 is 11.3 Å². The molecular formula is C16H16FNO3S. The van der Waals surface area contributed by atoms with Gasteiger partial charge < -0.3 is 4.74 Å². The Kier molecular flexibility index (Phi) is 5.51. The van der Waals surface area contributed by atoms with Gasteiger partial charge in [-0.05, 0) is 24.6 Å². The number of nitrogens with zero attached hydrogens (tertiary/aromatic N) is 1. The van der Waals surface area contributed by atoms with Gasteiger partial charge in [0.05, 0.1) is 17.0 Å². The minimum Gasteiger partial charge on any atom is -0.376 e. The van der Waals surface area contributed by atoms with E-state index in [0.717, 1.165) is 5.56 Å². The lowest BCUT2D eigenvalue weighted by atomic mass is 10.1. The van der Waals surface area contributed by atoms with Crippen molar-refractivity contribution in [1.82, 2.24) is 4.98 Å². The number of benzene rings is 1. The van der Waals surface area contributed by atoms with E-state index < -0.39 is 0 Å². The maximum absolute atomic E-state index is 12.8. The number of hydrogen-bond acceptors (Lipinski definition) is 5. The highest BCUT2D eigenvalue weighted by atomic mass is 32.1. The summed E-state index contributed by atoms with van der Waals surface area (Å²) in [5.41, 5.74) is 1.38. The highest BCUT2D eigenvalue weighted by molar-refractivity contribution is 7.14. The number of halogens is 1. The molecule has 0 spiro atoms. The zero-order valence-electron chi connectivity index (χ0n) is 12.4. The van der Waals surface area contributed by atoms with Crippen molar-refractivity contribution in [2.24, 2.45) is 0 Å². The van der Waals surface area contributed by atoms with E-state index in [2.05, 4.69) is 4.98 Å². The molecule has 0 aliphatic heterocycles. The highest BCUT2D eigenvalue weighted by Gasteiger charge is 2.16. The second-order valence-electron chi connectivity index (χ2n) is 4.90. The molecule has 22 heavy (non-hydrogen) atoms. The Labute approximate surface area is 132 Å². The number of aryl methyl sites for hydroxylation is 1. The Balaban J connectivity index is 2.01. The van der Waals surface area contributed by atoms with Crippen LogP contribution in [0.2, 0.25) is 0 Å². The first-order chi connectivity index (χ1) is 10.5. The molecule has 116 valence electrons. The number of carbonyl (C=O) groups excluding carboxylic acids is 2. The average molecular weight is 321 g/mol. The quantitative estimate of drug-likeness (QED) is 0.736. The van der Waals surface area contributed by atoms with Crippen LogP contribution in [0.5, 0.6) is 0 Å². The van der Waals surface area contributed by atoms with Gasteiger partial charge in [0.15, 0.2) is 5.78 Å². The maximum Gasteiger partial charge on any atom is 0.200 e. The molecule has 0 saturated heterocycles. The van der Waals surface area contributed by atoms with Crippen molar-refractivity contribution < 1.29 is 18.7 Å². The molecule has 0 atom stereocenters. The van der Waals surface area contributed by atoms with Gasteiger partial charge in [-0.25, -0.2) is 9.37 Å². The summed E-state index contributed by atoms with van der Waals surface area (Å²) in [5, 5.41) is 0.615. The zero-order chi connectivity index (χ0) is 16.1.